The molecule has 0 bridgehead atoms. The zero-order valence-corrected chi connectivity index (χ0v) is 16.7. The molecule has 1 N–H and O–H groups in total. The van der Waals surface area contributed by atoms with Crippen molar-refractivity contribution in [1.82, 2.24) is 14.9 Å². The normalized spacial score (nSPS) is 13.6. The summed E-state index contributed by atoms with van der Waals surface area (Å²) in [5, 5.41) is 0.542. The molecule has 2 aromatic carbocycles. The number of carbonyl (C=O) groups is 1. The molecule has 4 rings (SSSR count). The molecule has 1 aliphatic rings. The number of para-hydroxylation sites is 1. The second kappa shape index (κ2) is 8.07. The minimum Gasteiger partial charge on any atom is -0.493 e. The van der Waals surface area contributed by atoms with Gasteiger partial charge in [0, 0.05) is 11.6 Å². The van der Waals surface area contributed by atoms with Crippen LogP contribution in [0, 0.1) is 5.92 Å². The molecule has 150 valence electrons. The first kappa shape index (κ1) is 19.2. The fourth-order valence-electron chi connectivity index (χ4n) is 3.22. The van der Waals surface area contributed by atoms with Gasteiger partial charge in [-0.05, 0) is 69.0 Å². The van der Waals surface area contributed by atoms with Crippen LogP contribution in [0.5, 0.6) is 5.75 Å². The van der Waals surface area contributed by atoms with E-state index in [1.165, 1.54) is 12.8 Å². The van der Waals surface area contributed by atoms with Crippen LogP contribution in [0.2, 0.25) is 0 Å². The topological polar surface area (TPSA) is 75.3 Å². The molecule has 0 aliphatic heterocycles. The predicted octanol–water partition coefficient (Wildman–Crippen LogP) is 3.76. The minimum absolute atomic E-state index is 0.0509. The highest BCUT2D eigenvalue weighted by atomic mass is 16.5. The van der Waals surface area contributed by atoms with E-state index in [1.54, 1.807) is 35.2 Å². The average Bonchev–Trinajstić information content (AvgIpc) is 3.55. The minimum atomic E-state index is -0.195. The average molecular weight is 391 g/mol. The summed E-state index contributed by atoms with van der Waals surface area (Å²) in [7, 11) is 0. The van der Waals surface area contributed by atoms with E-state index in [0.29, 0.717) is 28.2 Å². The zero-order valence-electron chi connectivity index (χ0n) is 16.7. The maximum absolute atomic E-state index is 13.1. The summed E-state index contributed by atoms with van der Waals surface area (Å²) in [5.74, 6) is 1.83. The molecule has 1 aliphatic carbocycles. The summed E-state index contributed by atoms with van der Waals surface area (Å²) in [4.78, 5) is 34.5. The lowest BCUT2D eigenvalue weighted by molar-refractivity contribution is 0.0685. The van der Waals surface area contributed by atoms with Crippen molar-refractivity contribution in [1.29, 1.82) is 0 Å². The van der Waals surface area contributed by atoms with Crippen molar-refractivity contribution in [2.24, 2.45) is 5.92 Å². The fraction of sp³-hybridized carbons (Fsp3) is 0.348. The van der Waals surface area contributed by atoms with Crippen molar-refractivity contribution in [2.75, 3.05) is 6.61 Å². The third kappa shape index (κ3) is 4.47. The van der Waals surface area contributed by atoms with Crippen molar-refractivity contribution < 1.29 is 9.53 Å². The Hall–Kier alpha value is -3.15. The summed E-state index contributed by atoms with van der Waals surface area (Å²) >= 11 is 0. The van der Waals surface area contributed by atoms with Crippen LogP contribution in [-0.4, -0.2) is 33.4 Å². The summed E-state index contributed by atoms with van der Waals surface area (Å²) in [6.45, 7) is 4.87. The maximum atomic E-state index is 13.1. The van der Waals surface area contributed by atoms with Crippen molar-refractivity contribution in [3.05, 3.63) is 70.3 Å². The Morgan fingerprint density at radius 3 is 2.59 bits per heavy atom. The number of benzene rings is 2. The van der Waals surface area contributed by atoms with Gasteiger partial charge in [0.1, 0.15) is 11.6 Å². The van der Waals surface area contributed by atoms with E-state index in [9.17, 15) is 9.59 Å². The number of carbonyl (C=O) groups excluding carboxylic acids is 1. The molecule has 6 nitrogen and oxygen atoms in total. The highest BCUT2D eigenvalue weighted by Crippen LogP contribution is 2.29. The molecule has 29 heavy (non-hydrogen) atoms. The molecule has 3 aromatic rings. The first-order valence-corrected chi connectivity index (χ1v) is 10.0. The number of ether oxygens (including phenoxy) is 1. The molecule has 1 saturated carbocycles. The molecule has 0 radical (unpaired) electrons. The van der Waals surface area contributed by atoms with Gasteiger partial charge in [-0.25, -0.2) is 4.98 Å². The van der Waals surface area contributed by atoms with Crippen LogP contribution < -0.4 is 10.3 Å². The van der Waals surface area contributed by atoms with Crippen LogP contribution in [-0.2, 0) is 6.54 Å². The lowest BCUT2D eigenvalue weighted by atomic mass is 10.1. The summed E-state index contributed by atoms with van der Waals surface area (Å²) in [6, 6.07) is 14.4. The van der Waals surface area contributed by atoms with Crippen LogP contribution in [0.1, 0.15) is 42.9 Å². The Kier molecular flexibility index (Phi) is 5.34. The van der Waals surface area contributed by atoms with Gasteiger partial charge >= 0.3 is 0 Å². The number of aromatic amines is 1. The summed E-state index contributed by atoms with van der Waals surface area (Å²) in [5.41, 5.74) is 1.01. The van der Waals surface area contributed by atoms with Crippen LogP contribution in [0.25, 0.3) is 10.9 Å². The Balaban J connectivity index is 1.52. The van der Waals surface area contributed by atoms with Gasteiger partial charge in [0.15, 0.2) is 0 Å². The molecule has 6 heteroatoms. The predicted molar refractivity (Wildman–Crippen MR) is 112 cm³/mol. The largest absolute Gasteiger partial charge is 0.493 e. The van der Waals surface area contributed by atoms with Gasteiger partial charge < -0.3 is 14.6 Å². The molecule has 0 saturated heterocycles. The number of hydrogen-bond donors (Lipinski definition) is 1. The smallest absolute Gasteiger partial charge is 0.258 e. The van der Waals surface area contributed by atoms with E-state index in [1.807, 2.05) is 32.0 Å². The SMILES string of the molecule is CC(C)N(Cc1nc2ccccc2c(=O)[nH]1)C(=O)c1ccc(OCC2CC2)cc1. The third-order valence-electron chi connectivity index (χ3n) is 5.15. The quantitative estimate of drug-likeness (QED) is 0.665. The number of nitrogens with zero attached hydrogens (tertiary/aromatic N) is 2. The van der Waals surface area contributed by atoms with Crippen molar-refractivity contribution in [2.45, 2.75) is 39.3 Å². The highest BCUT2D eigenvalue weighted by Gasteiger charge is 2.23. The van der Waals surface area contributed by atoms with Crippen molar-refractivity contribution in [3.63, 3.8) is 0 Å². The molecule has 1 fully saturated rings. The number of rotatable bonds is 7. The summed E-state index contributed by atoms with van der Waals surface area (Å²) in [6.07, 6.45) is 2.48. The zero-order chi connectivity index (χ0) is 20.4. The number of H-pyrrole nitrogens is 1. The summed E-state index contributed by atoms with van der Waals surface area (Å²) < 4.78 is 5.75. The van der Waals surface area contributed by atoms with E-state index in [0.717, 1.165) is 12.4 Å². The second-order valence-electron chi connectivity index (χ2n) is 7.84. The van der Waals surface area contributed by atoms with Crippen LogP contribution in [0.3, 0.4) is 0 Å². The molecule has 1 amide bonds. The Bertz CT molecular complexity index is 1070. The Morgan fingerprint density at radius 1 is 1.17 bits per heavy atom. The van der Waals surface area contributed by atoms with Gasteiger partial charge in [-0.2, -0.15) is 0 Å². The van der Waals surface area contributed by atoms with Gasteiger partial charge in [-0.1, -0.05) is 12.1 Å². The van der Waals surface area contributed by atoms with Gasteiger partial charge in [-0.15, -0.1) is 0 Å². The monoisotopic (exact) mass is 391 g/mol. The molecule has 0 unspecified atom stereocenters. The van der Waals surface area contributed by atoms with Crippen LogP contribution in [0.15, 0.2) is 53.3 Å². The van der Waals surface area contributed by atoms with Crippen molar-refractivity contribution >= 4 is 16.8 Å². The maximum Gasteiger partial charge on any atom is 0.258 e. The number of nitrogens with one attached hydrogen (secondary N) is 1. The Labute approximate surface area is 169 Å². The first-order valence-electron chi connectivity index (χ1n) is 10.0. The first-order chi connectivity index (χ1) is 14.0. The molecular weight excluding hydrogens is 366 g/mol. The van der Waals surface area contributed by atoms with E-state index in [4.69, 9.17) is 4.74 Å². The molecule has 0 spiro atoms. The fourth-order valence-corrected chi connectivity index (χ4v) is 3.22. The number of fused-ring (bicyclic) bond motifs is 1. The molecular formula is C23H25N3O3. The van der Waals surface area contributed by atoms with Gasteiger partial charge in [0.25, 0.3) is 11.5 Å². The Morgan fingerprint density at radius 2 is 1.90 bits per heavy atom. The molecule has 0 atom stereocenters. The lowest BCUT2D eigenvalue weighted by Crippen LogP contribution is -2.37. The van der Waals surface area contributed by atoms with Crippen LogP contribution >= 0.6 is 0 Å². The third-order valence-corrected chi connectivity index (χ3v) is 5.15. The van der Waals surface area contributed by atoms with E-state index in [-0.39, 0.29) is 24.1 Å². The van der Waals surface area contributed by atoms with E-state index >= 15 is 0 Å². The van der Waals surface area contributed by atoms with Crippen molar-refractivity contribution in [3.8, 4) is 5.75 Å². The van der Waals surface area contributed by atoms with Crippen LogP contribution in [0.4, 0.5) is 0 Å². The van der Waals surface area contributed by atoms with E-state index in [2.05, 4.69) is 9.97 Å². The van der Waals surface area contributed by atoms with Gasteiger partial charge in [-0.3, -0.25) is 9.59 Å². The number of amides is 1. The lowest BCUT2D eigenvalue weighted by Gasteiger charge is -2.26. The highest BCUT2D eigenvalue weighted by molar-refractivity contribution is 5.94. The standard InChI is InChI=1S/C23H25N3O3/c1-15(2)26(13-21-24-20-6-4-3-5-19(20)22(27)25-21)23(28)17-9-11-18(12-10-17)29-14-16-7-8-16/h3-6,9-12,15-16H,7-8,13-14H2,1-2H3,(H,24,25,27). The molecule has 1 aromatic heterocycles. The van der Waals surface area contributed by atoms with Gasteiger partial charge in [0.2, 0.25) is 0 Å². The van der Waals surface area contributed by atoms with Gasteiger partial charge in [0.05, 0.1) is 24.1 Å². The number of aromatic nitrogens is 2. The van der Waals surface area contributed by atoms with E-state index < -0.39 is 0 Å². The second-order valence-corrected chi connectivity index (χ2v) is 7.84. The molecule has 1 heterocycles. The number of hydrogen-bond acceptors (Lipinski definition) is 4.